The van der Waals surface area contributed by atoms with Crippen LogP contribution in [0.4, 0.5) is 5.00 Å². The van der Waals surface area contributed by atoms with Gasteiger partial charge in [-0.3, -0.25) is 0 Å². The summed E-state index contributed by atoms with van der Waals surface area (Å²) in [6.07, 6.45) is 0.106. The van der Waals surface area contributed by atoms with Crippen LogP contribution in [0.5, 0.6) is 0 Å². The zero-order chi connectivity index (χ0) is 38.9. The van der Waals surface area contributed by atoms with Crippen molar-refractivity contribution < 1.29 is 30.8 Å². The van der Waals surface area contributed by atoms with Crippen molar-refractivity contribution in [3.8, 4) is 5.00 Å². The van der Waals surface area contributed by atoms with E-state index in [0.717, 1.165) is 71.9 Å². The van der Waals surface area contributed by atoms with Crippen molar-refractivity contribution in [2.45, 2.75) is 73.4 Å². The van der Waals surface area contributed by atoms with Crippen molar-refractivity contribution in [1.29, 1.82) is 0 Å². The number of fused-ring (bicyclic) bond motifs is 6. The summed E-state index contributed by atoms with van der Waals surface area (Å²) in [5, 5.41) is 12.3. The molecule has 3 aliphatic heterocycles. The number of halogens is 3. The Hall–Kier alpha value is -3.82. The van der Waals surface area contributed by atoms with Crippen LogP contribution in [0.2, 0.25) is 10.0 Å². The summed E-state index contributed by atoms with van der Waals surface area (Å²) in [6, 6.07) is 14.1. The third-order valence-corrected chi connectivity index (χ3v) is 15.4. The molecule has 0 saturated carbocycles. The molecule has 55 heavy (non-hydrogen) atoms. The Morgan fingerprint density at radius 3 is 1.82 bits per heavy atom. The van der Waals surface area contributed by atoms with Gasteiger partial charge < -0.3 is 0 Å². The number of amidine groups is 1. The van der Waals surface area contributed by atoms with E-state index in [4.69, 9.17) is 38.2 Å². The van der Waals surface area contributed by atoms with Crippen LogP contribution < -0.4 is 26.1 Å². The fourth-order valence-corrected chi connectivity index (χ4v) is 11.8. The number of aromatic nitrogens is 3. The van der Waals surface area contributed by atoms with E-state index in [1.807, 2.05) is 60.0 Å². The molecule has 3 aliphatic rings. The number of hydrogen-bond donors (Lipinski definition) is 0. The van der Waals surface area contributed by atoms with Crippen LogP contribution in [-0.4, -0.2) is 52.2 Å². The average molecular weight is 922 g/mol. The van der Waals surface area contributed by atoms with Gasteiger partial charge in [-0.15, -0.1) is 0 Å². The van der Waals surface area contributed by atoms with Crippen molar-refractivity contribution >= 4 is 75.7 Å². The van der Waals surface area contributed by atoms with Gasteiger partial charge in [-0.25, -0.2) is 0 Å². The number of benzene rings is 2. The molecule has 0 aliphatic carbocycles. The first-order chi connectivity index (χ1) is 26.3. The summed E-state index contributed by atoms with van der Waals surface area (Å²) >= 11 is 14.4. The normalized spacial score (nSPS) is 17.8. The summed E-state index contributed by atoms with van der Waals surface area (Å²) in [5.41, 5.74) is 9.91. The van der Waals surface area contributed by atoms with Gasteiger partial charge in [0.25, 0.3) is 0 Å². The number of anilines is 1. The van der Waals surface area contributed by atoms with E-state index in [9.17, 15) is 9.59 Å². The van der Waals surface area contributed by atoms with Gasteiger partial charge in [-0.05, 0) is 0 Å². The Bertz CT molecular complexity index is 2540. The molecule has 6 heterocycles. The van der Waals surface area contributed by atoms with Gasteiger partial charge in [0.2, 0.25) is 0 Å². The molecule has 0 N–H and O–H groups in total. The van der Waals surface area contributed by atoms with E-state index in [2.05, 4.69) is 56.6 Å². The Labute approximate surface area is 348 Å². The van der Waals surface area contributed by atoms with E-state index in [1.165, 1.54) is 9.75 Å². The molecule has 282 valence electrons. The Kier molecular flexibility index (Phi) is 10.3. The first kappa shape index (κ1) is 38.1. The van der Waals surface area contributed by atoms with E-state index in [-0.39, 0.29) is 20.4 Å². The van der Waals surface area contributed by atoms with E-state index < -0.39 is 33.3 Å². The molecule has 14 heteroatoms. The number of aliphatic imine (C=N–C) groups is 3. The predicted molar refractivity (Wildman–Crippen MR) is 220 cm³/mol. The molecule has 8 rings (SSSR count). The topological polar surface area (TPSA) is 105 Å². The Morgan fingerprint density at radius 2 is 1.24 bits per heavy atom. The van der Waals surface area contributed by atoms with Gasteiger partial charge in [0.1, 0.15) is 0 Å². The molecule has 0 saturated heterocycles. The molecule has 0 amide bonds. The number of allylic oxidation sites excluding steroid dienone is 1. The van der Waals surface area contributed by atoms with Gasteiger partial charge in [0.05, 0.1) is 0 Å². The van der Waals surface area contributed by atoms with Crippen molar-refractivity contribution in [1.82, 2.24) is 14.8 Å². The molecule has 0 fully saturated rings. The van der Waals surface area contributed by atoms with Gasteiger partial charge in [-0.2, -0.15) is 0 Å². The minimum absolute atomic E-state index is 0.0367. The summed E-state index contributed by atoms with van der Waals surface area (Å²) in [7, 11) is 0. The third-order valence-electron chi connectivity index (χ3n) is 10.4. The molecule has 0 radical (unpaired) electrons. The first-order valence-electron chi connectivity index (χ1n) is 17.8. The standard InChI is InChI=1S/C41H37Cl2IN7O2S2/c1-19-18-45-38-30(46-36(26-8-12-28(42)13-9-26)34-20(2)23(5)54-40(34)50(38)22(19)4)16-32(52)44-33(53)17-31-39-49-48-25(7)51(39)41-35(21(3)24(6)55-41)37(47-31)27-10-14-29(43)15-11-27/h8-15,30-31H,16-18H2,1-7H3/q-1/t30-,31-/m0/s1. The predicted octanol–water partition coefficient (Wildman–Crippen LogP) is 6.49. The van der Waals surface area contributed by atoms with Crippen LogP contribution in [-0.2, 0) is 9.59 Å². The Morgan fingerprint density at radius 1 is 0.727 bits per heavy atom. The number of nitrogens with zero attached hydrogens (tertiary/aromatic N) is 7. The minimum atomic E-state index is -1.56. The number of hydrogen-bond acceptors (Lipinski definition) is 10. The quantitative estimate of drug-likeness (QED) is 0.131. The van der Waals surface area contributed by atoms with Gasteiger partial charge in [0, 0.05) is 0 Å². The number of carbonyl (C=O) groups is 2. The van der Waals surface area contributed by atoms with Crippen LogP contribution in [0, 0.1) is 34.6 Å². The molecular weight excluding hydrogens is 884 g/mol. The van der Waals surface area contributed by atoms with Crippen LogP contribution in [0.1, 0.15) is 87.5 Å². The second-order valence-electron chi connectivity index (χ2n) is 14.0. The fraction of sp³-hybridized carbons (Fsp3) is 0.293. The van der Waals surface area contributed by atoms with E-state index in [0.29, 0.717) is 28.2 Å². The van der Waals surface area contributed by atoms with Crippen molar-refractivity contribution in [2.24, 2.45) is 15.0 Å². The molecule has 0 bridgehead atoms. The van der Waals surface area contributed by atoms with Crippen molar-refractivity contribution in [2.75, 3.05) is 11.4 Å². The van der Waals surface area contributed by atoms with Crippen molar-refractivity contribution in [3.63, 3.8) is 0 Å². The van der Waals surface area contributed by atoms with Crippen molar-refractivity contribution in [3.05, 3.63) is 125 Å². The molecule has 0 unspecified atom stereocenters. The summed E-state index contributed by atoms with van der Waals surface area (Å²) in [4.78, 5) is 48.4. The van der Waals surface area contributed by atoms with Gasteiger partial charge in [-0.1, -0.05) is 0 Å². The van der Waals surface area contributed by atoms with Crippen LogP contribution in [0.3, 0.4) is 0 Å². The number of aryl methyl sites for hydroxylation is 3. The van der Waals surface area contributed by atoms with Crippen LogP contribution >= 0.6 is 45.9 Å². The molecule has 3 aromatic heterocycles. The molecule has 0 spiro atoms. The molecule has 5 aromatic rings. The summed E-state index contributed by atoms with van der Waals surface area (Å²) in [5.74, 6) is 2.05. The molecule has 2 aromatic carbocycles. The molecular formula is C41H37Cl2IN7O2S2-. The molecule has 2 atom stereocenters. The van der Waals surface area contributed by atoms with E-state index in [1.54, 1.807) is 22.7 Å². The maximum absolute atomic E-state index is 14.1. The number of rotatable bonds is 8. The second kappa shape index (κ2) is 14.9. The Balaban J connectivity index is 1.13. The zero-order valence-electron chi connectivity index (χ0n) is 31.3. The number of carbonyl (C=O) groups excluding carboxylic acids is 2. The molecule has 9 nitrogen and oxygen atoms in total. The summed E-state index contributed by atoms with van der Waals surface area (Å²) < 4.78 is 1.81. The third kappa shape index (κ3) is 6.87. The van der Waals surface area contributed by atoms with E-state index >= 15 is 0 Å². The monoisotopic (exact) mass is 920 g/mol. The summed E-state index contributed by atoms with van der Waals surface area (Å²) in [6.45, 7) is 15.1. The van der Waals surface area contributed by atoms with Gasteiger partial charge in [0.15, 0.2) is 0 Å². The fourth-order valence-electron chi connectivity index (χ4n) is 7.18. The second-order valence-corrected chi connectivity index (χ2v) is 20.2. The first-order valence-corrected chi connectivity index (χ1v) is 22.4. The zero-order valence-corrected chi connectivity index (χ0v) is 36.6. The van der Waals surface area contributed by atoms with Crippen LogP contribution in [0.15, 0.2) is 74.8 Å². The number of thiophene rings is 2. The van der Waals surface area contributed by atoms with Gasteiger partial charge >= 0.3 is 351 Å². The SMILES string of the molecule is CC1=C(C)N2C(=NC1)[C@H](CC(=O)[I-]C(=O)C[C@@H]1N=C(c3ccc(Cl)cc3)c3c(sc(C)c3C)-n3c(C)nnc31)N=C(c1ccc(Cl)cc1)c1c2sc(C)c1C. The average Bonchev–Trinajstić information content (AvgIpc) is 3.70. The maximum atomic E-state index is 14.1. The van der Waals surface area contributed by atoms with Crippen LogP contribution in [0.25, 0.3) is 5.00 Å².